The zero-order chi connectivity index (χ0) is 19.9. The topological polar surface area (TPSA) is 98.0 Å². The Balaban J connectivity index is 1.51. The first-order valence-electron chi connectivity index (χ1n) is 9.27. The zero-order valence-electron chi connectivity index (χ0n) is 16.1. The van der Waals surface area contributed by atoms with Crippen molar-refractivity contribution in [3.63, 3.8) is 0 Å². The largest absolute Gasteiger partial charge is 0.496 e. The predicted molar refractivity (Wildman–Crippen MR) is 99.8 cm³/mol. The number of aryl methyl sites for hydroxylation is 1. The van der Waals surface area contributed by atoms with Gasteiger partial charge in [0.2, 0.25) is 17.6 Å². The Morgan fingerprint density at radius 1 is 1.14 bits per heavy atom. The average Bonchev–Trinajstić information content (AvgIpc) is 3.21. The third-order valence-electron chi connectivity index (χ3n) is 4.53. The maximum absolute atomic E-state index is 12.4. The van der Waals surface area contributed by atoms with Crippen LogP contribution in [0.3, 0.4) is 0 Å². The smallest absolute Gasteiger partial charge is 0.409 e. The lowest BCUT2D eigenvalue weighted by Gasteiger charge is -2.34. The Kier molecular flexibility index (Phi) is 6.46. The molecule has 0 N–H and O–H groups in total. The summed E-state index contributed by atoms with van der Waals surface area (Å²) in [5, 5.41) is 3.98. The van der Waals surface area contributed by atoms with Gasteiger partial charge in [0.1, 0.15) is 5.75 Å². The van der Waals surface area contributed by atoms with Crippen LogP contribution in [0.1, 0.15) is 19.2 Å². The number of carbonyl (C=O) groups excluding carboxylic acids is 2. The third-order valence-corrected chi connectivity index (χ3v) is 4.53. The van der Waals surface area contributed by atoms with E-state index < -0.39 is 0 Å². The Morgan fingerprint density at radius 3 is 2.57 bits per heavy atom. The van der Waals surface area contributed by atoms with Gasteiger partial charge in [-0.2, -0.15) is 4.98 Å². The van der Waals surface area contributed by atoms with E-state index in [1.165, 1.54) is 0 Å². The molecule has 0 atom stereocenters. The van der Waals surface area contributed by atoms with Crippen molar-refractivity contribution in [2.24, 2.45) is 0 Å². The summed E-state index contributed by atoms with van der Waals surface area (Å²) in [5.41, 5.74) is 0.737. The maximum atomic E-state index is 12.4. The summed E-state index contributed by atoms with van der Waals surface area (Å²) in [4.78, 5) is 31.9. The number of carbonyl (C=O) groups is 2. The molecule has 150 valence electrons. The fourth-order valence-corrected chi connectivity index (χ4v) is 3.02. The standard InChI is InChI=1S/C19H24N4O5/c1-3-27-19(25)23-12-10-22(11-13-23)17(24)9-8-16-20-18(21-28-16)14-6-4-5-7-15(14)26-2/h4-7H,3,8-13H2,1-2H3. The van der Waals surface area contributed by atoms with Crippen LogP contribution in [-0.4, -0.2) is 71.8 Å². The van der Waals surface area contributed by atoms with Crippen LogP contribution in [0.2, 0.25) is 0 Å². The van der Waals surface area contributed by atoms with Gasteiger partial charge in [-0.25, -0.2) is 4.79 Å². The van der Waals surface area contributed by atoms with Crippen LogP contribution in [0.5, 0.6) is 5.75 Å². The molecular formula is C19H24N4O5. The molecule has 2 aromatic rings. The van der Waals surface area contributed by atoms with Crippen LogP contribution >= 0.6 is 0 Å². The second-order valence-corrected chi connectivity index (χ2v) is 6.28. The van der Waals surface area contributed by atoms with Gasteiger partial charge in [0.05, 0.1) is 19.3 Å². The van der Waals surface area contributed by atoms with Crippen molar-refractivity contribution in [3.05, 3.63) is 30.2 Å². The van der Waals surface area contributed by atoms with Crippen LogP contribution in [-0.2, 0) is 16.0 Å². The number of nitrogens with zero attached hydrogens (tertiary/aromatic N) is 4. The van der Waals surface area contributed by atoms with Crippen molar-refractivity contribution in [2.75, 3.05) is 39.9 Å². The van der Waals surface area contributed by atoms with Gasteiger partial charge in [0.25, 0.3) is 0 Å². The summed E-state index contributed by atoms with van der Waals surface area (Å²) in [6.45, 7) is 4.06. The number of hydrogen-bond acceptors (Lipinski definition) is 7. The maximum Gasteiger partial charge on any atom is 0.409 e. The highest BCUT2D eigenvalue weighted by molar-refractivity contribution is 5.77. The van der Waals surface area contributed by atoms with E-state index in [-0.39, 0.29) is 18.4 Å². The van der Waals surface area contributed by atoms with Gasteiger partial charge in [-0.1, -0.05) is 17.3 Å². The summed E-state index contributed by atoms with van der Waals surface area (Å²) < 4.78 is 15.6. The van der Waals surface area contributed by atoms with Crippen LogP contribution in [0.15, 0.2) is 28.8 Å². The average molecular weight is 388 g/mol. The quantitative estimate of drug-likeness (QED) is 0.746. The molecule has 0 saturated carbocycles. The highest BCUT2D eigenvalue weighted by atomic mass is 16.6. The van der Waals surface area contributed by atoms with Gasteiger partial charge in [0.15, 0.2) is 0 Å². The van der Waals surface area contributed by atoms with Crippen molar-refractivity contribution in [1.82, 2.24) is 19.9 Å². The Labute approximate surface area is 163 Å². The first-order chi connectivity index (χ1) is 13.6. The second kappa shape index (κ2) is 9.20. The SMILES string of the molecule is CCOC(=O)N1CCN(C(=O)CCc2nc(-c3ccccc3OC)no2)CC1. The number of aromatic nitrogens is 2. The monoisotopic (exact) mass is 388 g/mol. The summed E-state index contributed by atoms with van der Waals surface area (Å²) in [5.74, 6) is 1.49. The molecule has 9 heteroatoms. The van der Waals surface area contributed by atoms with Crippen molar-refractivity contribution in [2.45, 2.75) is 19.8 Å². The molecule has 2 heterocycles. The number of methoxy groups -OCH3 is 1. The molecule has 2 amide bonds. The van der Waals surface area contributed by atoms with E-state index in [0.29, 0.717) is 56.7 Å². The summed E-state index contributed by atoms with van der Waals surface area (Å²) in [7, 11) is 1.58. The van der Waals surface area contributed by atoms with Gasteiger partial charge in [-0.3, -0.25) is 4.79 Å². The highest BCUT2D eigenvalue weighted by Gasteiger charge is 2.25. The number of amides is 2. The second-order valence-electron chi connectivity index (χ2n) is 6.28. The molecule has 1 saturated heterocycles. The van der Waals surface area contributed by atoms with Gasteiger partial charge in [0, 0.05) is 39.0 Å². The normalized spacial score (nSPS) is 14.1. The number of hydrogen-bond donors (Lipinski definition) is 0. The molecule has 28 heavy (non-hydrogen) atoms. The molecule has 0 bridgehead atoms. The van der Waals surface area contributed by atoms with E-state index >= 15 is 0 Å². The van der Waals surface area contributed by atoms with Crippen molar-refractivity contribution >= 4 is 12.0 Å². The lowest BCUT2D eigenvalue weighted by molar-refractivity contribution is -0.132. The van der Waals surface area contributed by atoms with Crippen LogP contribution in [0.4, 0.5) is 4.79 Å². The third kappa shape index (κ3) is 4.59. The minimum absolute atomic E-state index is 0.000510. The highest BCUT2D eigenvalue weighted by Crippen LogP contribution is 2.27. The zero-order valence-corrected chi connectivity index (χ0v) is 16.1. The molecular weight excluding hydrogens is 364 g/mol. The van der Waals surface area contributed by atoms with Gasteiger partial charge < -0.3 is 23.8 Å². The van der Waals surface area contributed by atoms with E-state index in [4.69, 9.17) is 14.0 Å². The molecule has 1 aromatic heterocycles. The van der Waals surface area contributed by atoms with Crippen LogP contribution in [0, 0.1) is 0 Å². The van der Waals surface area contributed by atoms with E-state index in [1.54, 1.807) is 23.8 Å². The van der Waals surface area contributed by atoms with Gasteiger partial charge in [-0.05, 0) is 19.1 Å². The Hall–Kier alpha value is -3.10. The summed E-state index contributed by atoms with van der Waals surface area (Å²) in [6.07, 6.45) is 0.302. The fraction of sp³-hybridized carbons (Fsp3) is 0.474. The number of para-hydroxylation sites is 1. The molecule has 0 unspecified atom stereocenters. The number of piperazine rings is 1. The fourth-order valence-electron chi connectivity index (χ4n) is 3.02. The lowest BCUT2D eigenvalue weighted by Crippen LogP contribution is -2.50. The van der Waals surface area contributed by atoms with Crippen LogP contribution in [0.25, 0.3) is 11.4 Å². The summed E-state index contributed by atoms with van der Waals surface area (Å²) >= 11 is 0. The first kappa shape index (κ1) is 19.7. The molecule has 1 aromatic carbocycles. The first-order valence-corrected chi connectivity index (χ1v) is 9.27. The van der Waals surface area contributed by atoms with E-state index in [9.17, 15) is 9.59 Å². The molecule has 1 aliphatic heterocycles. The van der Waals surface area contributed by atoms with E-state index in [2.05, 4.69) is 10.1 Å². The number of benzene rings is 1. The van der Waals surface area contributed by atoms with E-state index in [1.807, 2.05) is 24.3 Å². The van der Waals surface area contributed by atoms with Crippen molar-refractivity contribution in [3.8, 4) is 17.1 Å². The van der Waals surface area contributed by atoms with Gasteiger partial charge >= 0.3 is 6.09 Å². The molecule has 0 radical (unpaired) electrons. The Morgan fingerprint density at radius 2 is 1.86 bits per heavy atom. The predicted octanol–water partition coefficient (Wildman–Crippen LogP) is 1.98. The molecule has 1 fully saturated rings. The van der Waals surface area contributed by atoms with E-state index in [0.717, 1.165) is 5.56 Å². The molecule has 0 spiro atoms. The summed E-state index contributed by atoms with van der Waals surface area (Å²) in [6, 6.07) is 7.41. The Bertz CT molecular complexity index is 814. The molecule has 0 aliphatic carbocycles. The van der Waals surface area contributed by atoms with Crippen molar-refractivity contribution in [1.29, 1.82) is 0 Å². The molecule has 1 aliphatic rings. The number of rotatable bonds is 6. The van der Waals surface area contributed by atoms with Crippen LogP contribution < -0.4 is 4.74 Å². The molecule has 3 rings (SSSR count). The molecule has 9 nitrogen and oxygen atoms in total. The minimum Gasteiger partial charge on any atom is -0.496 e. The minimum atomic E-state index is -0.329. The lowest BCUT2D eigenvalue weighted by atomic mass is 10.2. The van der Waals surface area contributed by atoms with Gasteiger partial charge in [-0.15, -0.1) is 0 Å². The van der Waals surface area contributed by atoms with Crippen molar-refractivity contribution < 1.29 is 23.6 Å². The number of ether oxygens (including phenoxy) is 2.